The van der Waals surface area contributed by atoms with Crippen molar-refractivity contribution in [1.82, 2.24) is 0 Å². The summed E-state index contributed by atoms with van der Waals surface area (Å²) < 4.78 is 0. The van der Waals surface area contributed by atoms with E-state index in [2.05, 4.69) is 20.8 Å². The van der Waals surface area contributed by atoms with E-state index in [0.29, 0.717) is 42.4 Å². The average molecular weight is 409 g/mol. The molecule has 11 atom stereocenters. The Morgan fingerprint density at radius 1 is 1.00 bits per heavy atom. The molecule has 0 bridgehead atoms. The van der Waals surface area contributed by atoms with Gasteiger partial charge in [0.25, 0.3) is 0 Å². The van der Waals surface area contributed by atoms with Crippen LogP contribution < -0.4 is 0 Å². The minimum absolute atomic E-state index is 0.00309. The van der Waals surface area contributed by atoms with Gasteiger partial charge in [-0.3, -0.25) is 4.79 Å². The van der Waals surface area contributed by atoms with E-state index in [0.717, 1.165) is 38.5 Å². The van der Waals surface area contributed by atoms with E-state index in [9.17, 15) is 20.1 Å². The van der Waals surface area contributed by atoms with Gasteiger partial charge in [0.1, 0.15) is 0 Å². The summed E-state index contributed by atoms with van der Waals surface area (Å²) in [4.78, 5) is 11.1. The molecule has 4 aliphatic rings. The third-order valence-corrected chi connectivity index (χ3v) is 10.4. The number of carbonyl (C=O) groups is 1. The number of carboxylic acids is 1. The summed E-state index contributed by atoms with van der Waals surface area (Å²) in [6, 6.07) is 0. The SMILES string of the molecule is C[C@H](CCC(=O)O)[C@H]1CC[C@H]2[C@@H]3CC[C@@H]4[C@@H](O)[C@@H](O)CC[C@]4(C)[C@H]3C[C@H](O)[C@]12C. The van der Waals surface area contributed by atoms with Gasteiger partial charge in [-0.05, 0) is 97.7 Å². The maximum atomic E-state index is 11.5. The predicted molar refractivity (Wildman–Crippen MR) is 110 cm³/mol. The molecule has 0 spiro atoms. The molecule has 4 saturated carbocycles. The summed E-state index contributed by atoms with van der Waals surface area (Å²) in [5.74, 6) is 1.56. The first kappa shape index (κ1) is 21.6. The molecule has 4 aliphatic carbocycles. The molecule has 166 valence electrons. The normalized spacial score (nSPS) is 52.9. The van der Waals surface area contributed by atoms with Gasteiger partial charge >= 0.3 is 5.97 Å². The van der Waals surface area contributed by atoms with Crippen molar-refractivity contribution >= 4 is 5.97 Å². The molecule has 0 aromatic heterocycles. The van der Waals surface area contributed by atoms with Crippen molar-refractivity contribution in [2.75, 3.05) is 0 Å². The van der Waals surface area contributed by atoms with Gasteiger partial charge in [-0.1, -0.05) is 20.8 Å². The van der Waals surface area contributed by atoms with Crippen LogP contribution in [0.4, 0.5) is 0 Å². The standard InChI is InChI=1S/C24H40O5/c1-13(4-9-21(27)28)15-7-8-16-14-5-6-17-22(29)19(25)10-11-23(17,2)18(14)12-20(26)24(15,16)3/h13-20,22,25-26,29H,4-12H2,1-3H3,(H,27,28)/t13-,14+,15-,16+,17-,18+,19+,20+,22-,23+,24-/m1/s1. The maximum Gasteiger partial charge on any atom is 0.303 e. The largest absolute Gasteiger partial charge is 0.481 e. The molecule has 4 fully saturated rings. The van der Waals surface area contributed by atoms with E-state index in [1.807, 2.05) is 0 Å². The Balaban J connectivity index is 1.58. The number of carboxylic acid groups (broad SMARTS) is 1. The molecular formula is C24H40O5. The van der Waals surface area contributed by atoms with Crippen LogP contribution in [0.15, 0.2) is 0 Å². The van der Waals surface area contributed by atoms with Crippen molar-refractivity contribution < 1.29 is 25.2 Å². The second-order valence-electron chi connectivity index (χ2n) is 11.4. The quantitative estimate of drug-likeness (QED) is 0.571. The molecule has 5 heteroatoms. The van der Waals surface area contributed by atoms with E-state index >= 15 is 0 Å². The number of aliphatic hydroxyl groups is 3. The minimum Gasteiger partial charge on any atom is -0.481 e. The summed E-state index contributed by atoms with van der Waals surface area (Å²) in [6.45, 7) is 6.76. The third kappa shape index (κ3) is 3.18. The summed E-state index contributed by atoms with van der Waals surface area (Å²) in [5.41, 5.74) is -0.133. The summed E-state index contributed by atoms with van der Waals surface area (Å²) in [7, 11) is 0. The predicted octanol–water partition coefficient (Wildman–Crippen LogP) is 3.45. The second-order valence-corrected chi connectivity index (χ2v) is 11.4. The molecule has 0 aliphatic heterocycles. The Kier molecular flexibility index (Phi) is 5.57. The van der Waals surface area contributed by atoms with E-state index in [1.165, 1.54) is 0 Å². The first-order valence-electron chi connectivity index (χ1n) is 11.9. The smallest absolute Gasteiger partial charge is 0.303 e. The number of hydrogen-bond donors (Lipinski definition) is 4. The zero-order valence-electron chi connectivity index (χ0n) is 18.3. The first-order valence-corrected chi connectivity index (χ1v) is 11.9. The van der Waals surface area contributed by atoms with Gasteiger partial charge in [-0.25, -0.2) is 0 Å². The first-order chi connectivity index (χ1) is 13.6. The summed E-state index contributed by atoms with van der Waals surface area (Å²) in [5, 5.41) is 41.5. The molecule has 0 radical (unpaired) electrons. The Morgan fingerprint density at radius 3 is 2.38 bits per heavy atom. The number of fused-ring (bicyclic) bond motifs is 5. The van der Waals surface area contributed by atoms with E-state index in [-0.39, 0.29) is 29.3 Å². The molecule has 0 amide bonds. The fraction of sp³-hybridized carbons (Fsp3) is 0.958. The molecule has 0 aromatic rings. The van der Waals surface area contributed by atoms with E-state index in [1.54, 1.807) is 0 Å². The third-order valence-electron chi connectivity index (χ3n) is 10.4. The lowest BCUT2D eigenvalue weighted by molar-refractivity contribution is -0.200. The highest BCUT2D eigenvalue weighted by Gasteiger charge is 2.64. The zero-order valence-corrected chi connectivity index (χ0v) is 18.3. The van der Waals surface area contributed by atoms with Crippen LogP contribution in [0.25, 0.3) is 0 Å². The van der Waals surface area contributed by atoms with Crippen LogP contribution in [0.1, 0.15) is 78.6 Å². The highest BCUT2D eigenvalue weighted by atomic mass is 16.4. The van der Waals surface area contributed by atoms with Gasteiger partial charge in [0.2, 0.25) is 0 Å². The van der Waals surface area contributed by atoms with Crippen molar-refractivity contribution in [3.63, 3.8) is 0 Å². The average Bonchev–Trinajstić information content (AvgIpc) is 3.03. The Labute approximate surface area is 174 Å². The molecule has 0 aromatic carbocycles. The number of aliphatic hydroxyl groups excluding tert-OH is 3. The Hall–Kier alpha value is -0.650. The molecule has 5 nitrogen and oxygen atoms in total. The second kappa shape index (κ2) is 7.49. The topological polar surface area (TPSA) is 98.0 Å². The van der Waals surface area contributed by atoms with Crippen LogP contribution in [-0.4, -0.2) is 44.7 Å². The van der Waals surface area contributed by atoms with Crippen molar-refractivity contribution in [3.05, 3.63) is 0 Å². The maximum absolute atomic E-state index is 11.5. The van der Waals surface area contributed by atoms with Gasteiger partial charge in [0.15, 0.2) is 0 Å². The lowest BCUT2D eigenvalue weighted by Crippen LogP contribution is -2.61. The van der Waals surface area contributed by atoms with Crippen LogP contribution in [0.2, 0.25) is 0 Å². The fourth-order valence-corrected chi connectivity index (χ4v) is 8.79. The van der Waals surface area contributed by atoms with Gasteiger partial charge < -0.3 is 20.4 Å². The van der Waals surface area contributed by atoms with Crippen molar-refractivity contribution in [2.24, 2.45) is 46.3 Å². The van der Waals surface area contributed by atoms with Crippen molar-refractivity contribution in [3.8, 4) is 0 Å². The molecule has 29 heavy (non-hydrogen) atoms. The lowest BCUT2D eigenvalue weighted by Gasteiger charge is -2.63. The summed E-state index contributed by atoms with van der Waals surface area (Å²) >= 11 is 0. The fourth-order valence-electron chi connectivity index (χ4n) is 8.79. The molecule has 0 heterocycles. The van der Waals surface area contributed by atoms with Gasteiger partial charge in [0, 0.05) is 6.42 Å². The Morgan fingerprint density at radius 2 is 1.69 bits per heavy atom. The minimum atomic E-state index is -0.731. The monoisotopic (exact) mass is 408 g/mol. The molecule has 0 unspecified atom stereocenters. The molecule has 4 rings (SSSR count). The van der Waals surface area contributed by atoms with Gasteiger partial charge in [-0.2, -0.15) is 0 Å². The number of hydrogen-bond acceptors (Lipinski definition) is 4. The highest BCUT2D eigenvalue weighted by Crippen LogP contribution is 2.68. The van der Waals surface area contributed by atoms with E-state index in [4.69, 9.17) is 5.11 Å². The molecule has 4 N–H and O–H groups in total. The number of rotatable bonds is 4. The van der Waals surface area contributed by atoms with E-state index < -0.39 is 18.2 Å². The van der Waals surface area contributed by atoms with Crippen LogP contribution in [-0.2, 0) is 4.79 Å². The molecular weight excluding hydrogens is 368 g/mol. The van der Waals surface area contributed by atoms with Crippen molar-refractivity contribution in [1.29, 1.82) is 0 Å². The number of aliphatic carboxylic acids is 1. The Bertz CT molecular complexity index is 637. The zero-order chi connectivity index (χ0) is 21.1. The van der Waals surface area contributed by atoms with Crippen LogP contribution in [0.5, 0.6) is 0 Å². The lowest BCUT2D eigenvalue weighted by atomic mass is 9.43. The van der Waals surface area contributed by atoms with Gasteiger partial charge in [0.05, 0.1) is 18.3 Å². The van der Waals surface area contributed by atoms with Crippen LogP contribution in [0, 0.1) is 46.3 Å². The highest BCUT2D eigenvalue weighted by molar-refractivity contribution is 5.66. The van der Waals surface area contributed by atoms with Crippen LogP contribution >= 0.6 is 0 Å². The van der Waals surface area contributed by atoms with Crippen LogP contribution in [0.3, 0.4) is 0 Å². The van der Waals surface area contributed by atoms with Gasteiger partial charge in [-0.15, -0.1) is 0 Å². The molecule has 0 saturated heterocycles. The van der Waals surface area contributed by atoms with Crippen molar-refractivity contribution in [2.45, 2.75) is 96.9 Å². The summed E-state index contributed by atoms with van der Waals surface area (Å²) in [6.07, 6.45) is 5.94.